The number of carbonyl (C=O) groups is 1. The molecular formula is C13H18N2O2. The van der Waals surface area contributed by atoms with Gasteiger partial charge in [-0.1, -0.05) is 18.2 Å². The second-order valence-corrected chi connectivity index (χ2v) is 4.40. The van der Waals surface area contributed by atoms with Gasteiger partial charge in [0.05, 0.1) is 13.2 Å². The van der Waals surface area contributed by atoms with Gasteiger partial charge in [0.1, 0.15) is 5.75 Å². The van der Waals surface area contributed by atoms with Crippen molar-refractivity contribution in [3.63, 3.8) is 0 Å². The minimum Gasteiger partial charge on any atom is -0.493 e. The zero-order valence-corrected chi connectivity index (χ0v) is 10.3. The highest BCUT2D eigenvalue weighted by molar-refractivity contribution is 5.77. The van der Waals surface area contributed by atoms with Gasteiger partial charge in [-0.3, -0.25) is 4.79 Å². The summed E-state index contributed by atoms with van der Waals surface area (Å²) >= 11 is 0. The quantitative estimate of drug-likeness (QED) is 0.854. The van der Waals surface area contributed by atoms with Crippen molar-refractivity contribution < 1.29 is 9.53 Å². The fraction of sp³-hybridized carbons (Fsp3) is 0.462. The number of hydrogen-bond acceptors (Lipinski definition) is 3. The van der Waals surface area contributed by atoms with Crippen LogP contribution < -0.4 is 10.1 Å². The van der Waals surface area contributed by atoms with Crippen molar-refractivity contribution in [1.29, 1.82) is 0 Å². The number of likely N-dealkylation sites (N-methyl/N-ethyl adjacent to an activating group) is 1. The Labute approximate surface area is 102 Å². The van der Waals surface area contributed by atoms with Crippen LogP contribution in [0.25, 0.3) is 0 Å². The van der Waals surface area contributed by atoms with E-state index in [0.717, 1.165) is 17.7 Å². The van der Waals surface area contributed by atoms with Crippen LogP contribution >= 0.6 is 0 Å². The van der Waals surface area contributed by atoms with Crippen LogP contribution in [0.5, 0.6) is 5.75 Å². The summed E-state index contributed by atoms with van der Waals surface area (Å²) in [6, 6.07) is 8.19. The Kier molecular flexibility index (Phi) is 3.64. The van der Waals surface area contributed by atoms with E-state index >= 15 is 0 Å². The number of carbonyl (C=O) groups excluding carboxylic acids is 1. The van der Waals surface area contributed by atoms with E-state index in [-0.39, 0.29) is 11.9 Å². The largest absolute Gasteiger partial charge is 0.493 e. The average molecular weight is 234 g/mol. The van der Waals surface area contributed by atoms with Crippen molar-refractivity contribution in [2.45, 2.75) is 12.5 Å². The predicted molar refractivity (Wildman–Crippen MR) is 66.0 cm³/mol. The van der Waals surface area contributed by atoms with Crippen LogP contribution in [0.1, 0.15) is 18.0 Å². The summed E-state index contributed by atoms with van der Waals surface area (Å²) in [6.45, 7) is 1.07. The normalized spacial score (nSPS) is 18.1. The molecule has 1 aromatic carbocycles. The molecule has 4 nitrogen and oxygen atoms in total. The highest BCUT2D eigenvalue weighted by Gasteiger charge is 2.21. The van der Waals surface area contributed by atoms with Crippen molar-refractivity contribution in [2.24, 2.45) is 0 Å². The molecule has 1 aromatic rings. The summed E-state index contributed by atoms with van der Waals surface area (Å²) < 4.78 is 5.57. The summed E-state index contributed by atoms with van der Waals surface area (Å²) in [5.74, 6) is 1.02. The molecule has 1 amide bonds. The Hall–Kier alpha value is -1.55. The van der Waals surface area contributed by atoms with Crippen LogP contribution in [0.3, 0.4) is 0 Å². The van der Waals surface area contributed by atoms with Crippen molar-refractivity contribution >= 4 is 5.91 Å². The number of ether oxygens (including phenoxy) is 1. The van der Waals surface area contributed by atoms with Gasteiger partial charge < -0.3 is 15.0 Å². The molecular weight excluding hydrogens is 216 g/mol. The van der Waals surface area contributed by atoms with E-state index in [9.17, 15) is 4.79 Å². The molecule has 0 aromatic heterocycles. The van der Waals surface area contributed by atoms with Crippen molar-refractivity contribution in [3.05, 3.63) is 29.8 Å². The van der Waals surface area contributed by atoms with E-state index in [1.165, 1.54) is 0 Å². The lowest BCUT2D eigenvalue weighted by Crippen LogP contribution is -2.36. The number of para-hydroxylation sites is 1. The lowest BCUT2D eigenvalue weighted by Gasteiger charge is -2.27. The van der Waals surface area contributed by atoms with Gasteiger partial charge in [-0.05, 0) is 6.07 Å². The summed E-state index contributed by atoms with van der Waals surface area (Å²) in [4.78, 5) is 13.1. The molecule has 92 valence electrons. The molecule has 0 saturated heterocycles. The Morgan fingerprint density at radius 1 is 1.47 bits per heavy atom. The molecule has 0 saturated carbocycles. The van der Waals surface area contributed by atoms with Gasteiger partial charge in [0, 0.05) is 32.1 Å². The fourth-order valence-electron chi connectivity index (χ4n) is 1.92. The van der Waals surface area contributed by atoms with Crippen molar-refractivity contribution in [1.82, 2.24) is 10.2 Å². The van der Waals surface area contributed by atoms with Gasteiger partial charge in [-0.25, -0.2) is 0 Å². The number of nitrogens with zero attached hydrogens (tertiary/aromatic N) is 1. The van der Waals surface area contributed by atoms with Gasteiger partial charge in [0.25, 0.3) is 0 Å². The Balaban J connectivity index is 2.01. The first-order valence-corrected chi connectivity index (χ1v) is 5.84. The summed E-state index contributed by atoms with van der Waals surface area (Å²) in [7, 11) is 3.53. The SMILES string of the molecule is CN(C)C(=O)CNC1CCOc2ccccc21. The maximum absolute atomic E-state index is 11.5. The van der Waals surface area contributed by atoms with Gasteiger partial charge in [0.2, 0.25) is 5.91 Å². The van der Waals surface area contributed by atoms with Gasteiger partial charge in [-0.15, -0.1) is 0 Å². The highest BCUT2D eigenvalue weighted by atomic mass is 16.5. The van der Waals surface area contributed by atoms with Crippen LogP contribution in [0, 0.1) is 0 Å². The minimum absolute atomic E-state index is 0.0916. The van der Waals surface area contributed by atoms with E-state index in [1.807, 2.05) is 24.3 Å². The van der Waals surface area contributed by atoms with E-state index in [1.54, 1.807) is 19.0 Å². The molecule has 17 heavy (non-hydrogen) atoms. The first-order chi connectivity index (χ1) is 8.18. The molecule has 0 fully saturated rings. The molecule has 1 N–H and O–H groups in total. The average Bonchev–Trinajstić information content (AvgIpc) is 2.35. The molecule has 1 unspecified atom stereocenters. The Morgan fingerprint density at radius 3 is 3.00 bits per heavy atom. The zero-order valence-electron chi connectivity index (χ0n) is 10.3. The minimum atomic E-state index is 0.0916. The lowest BCUT2D eigenvalue weighted by atomic mass is 10.0. The first-order valence-electron chi connectivity index (χ1n) is 5.84. The lowest BCUT2D eigenvalue weighted by molar-refractivity contribution is -0.127. The maximum atomic E-state index is 11.5. The van der Waals surface area contributed by atoms with Crippen LogP contribution in [-0.2, 0) is 4.79 Å². The molecule has 2 rings (SSSR count). The number of hydrogen-bond donors (Lipinski definition) is 1. The maximum Gasteiger partial charge on any atom is 0.236 e. The molecule has 0 aliphatic carbocycles. The Morgan fingerprint density at radius 2 is 2.24 bits per heavy atom. The van der Waals surface area contributed by atoms with Crippen molar-refractivity contribution in [3.8, 4) is 5.75 Å². The molecule has 1 aliphatic heterocycles. The third-order valence-corrected chi connectivity index (χ3v) is 2.96. The number of amides is 1. The monoisotopic (exact) mass is 234 g/mol. The van der Waals surface area contributed by atoms with Crippen LogP contribution in [-0.4, -0.2) is 38.1 Å². The predicted octanol–water partition coefficient (Wildman–Crippen LogP) is 1.19. The van der Waals surface area contributed by atoms with Gasteiger partial charge in [-0.2, -0.15) is 0 Å². The van der Waals surface area contributed by atoms with Gasteiger partial charge in [0.15, 0.2) is 0 Å². The second-order valence-electron chi connectivity index (χ2n) is 4.40. The van der Waals surface area contributed by atoms with E-state index in [4.69, 9.17) is 4.74 Å². The molecule has 1 atom stereocenters. The number of rotatable bonds is 3. The zero-order chi connectivity index (χ0) is 12.3. The number of benzene rings is 1. The van der Waals surface area contributed by atoms with E-state index < -0.39 is 0 Å². The molecule has 1 aliphatic rings. The molecule has 0 spiro atoms. The molecule has 0 radical (unpaired) electrons. The highest BCUT2D eigenvalue weighted by Crippen LogP contribution is 2.31. The van der Waals surface area contributed by atoms with Crippen LogP contribution in [0.4, 0.5) is 0 Å². The van der Waals surface area contributed by atoms with E-state index in [0.29, 0.717) is 13.2 Å². The summed E-state index contributed by atoms with van der Waals surface area (Å²) in [6.07, 6.45) is 0.901. The van der Waals surface area contributed by atoms with Crippen molar-refractivity contribution in [2.75, 3.05) is 27.2 Å². The van der Waals surface area contributed by atoms with E-state index in [2.05, 4.69) is 5.32 Å². The summed E-state index contributed by atoms with van der Waals surface area (Å²) in [5.41, 5.74) is 1.14. The molecule has 0 bridgehead atoms. The third-order valence-electron chi connectivity index (χ3n) is 2.96. The third kappa shape index (κ3) is 2.77. The number of nitrogens with one attached hydrogen (secondary N) is 1. The second kappa shape index (κ2) is 5.19. The summed E-state index contributed by atoms with van der Waals surface area (Å²) in [5, 5.41) is 3.29. The standard InChI is InChI=1S/C13H18N2O2/c1-15(2)13(16)9-14-11-7-8-17-12-6-4-3-5-10(11)12/h3-6,11,14H,7-9H2,1-2H3. The van der Waals surface area contributed by atoms with Gasteiger partial charge >= 0.3 is 0 Å². The fourth-order valence-corrected chi connectivity index (χ4v) is 1.92. The molecule has 1 heterocycles. The Bertz CT molecular complexity index is 404. The van der Waals surface area contributed by atoms with Crippen LogP contribution in [0.2, 0.25) is 0 Å². The number of fused-ring (bicyclic) bond motifs is 1. The smallest absolute Gasteiger partial charge is 0.236 e. The first kappa shape index (κ1) is 11.9. The topological polar surface area (TPSA) is 41.6 Å². The van der Waals surface area contributed by atoms with Crippen LogP contribution in [0.15, 0.2) is 24.3 Å². The molecule has 4 heteroatoms.